The molecule has 0 saturated heterocycles. The van der Waals surface area contributed by atoms with Crippen LogP contribution in [0, 0.1) is 11.8 Å². The third-order valence-corrected chi connectivity index (χ3v) is 5.90. The van der Waals surface area contributed by atoms with E-state index in [0.29, 0.717) is 17.8 Å². The molecule has 0 heteroatoms. The Bertz CT molecular complexity index is 810. The van der Waals surface area contributed by atoms with E-state index in [2.05, 4.69) is 81.5 Å². The molecule has 24 heavy (non-hydrogen) atoms. The van der Waals surface area contributed by atoms with Gasteiger partial charge in [0.25, 0.3) is 0 Å². The number of hydrogen-bond acceptors (Lipinski definition) is 0. The second-order valence-electron chi connectivity index (χ2n) is 7.47. The second-order valence-corrected chi connectivity index (χ2v) is 7.47. The normalized spacial score (nSPS) is 28.7. The van der Waals surface area contributed by atoms with Crippen molar-refractivity contribution in [2.24, 2.45) is 11.8 Å². The second kappa shape index (κ2) is 6.09. The molecule has 1 aromatic carbocycles. The maximum absolute atomic E-state index is 2.46. The molecule has 0 fully saturated rings. The Morgan fingerprint density at radius 3 is 2.62 bits per heavy atom. The van der Waals surface area contributed by atoms with Gasteiger partial charge in [-0.25, -0.2) is 0 Å². The first-order valence-electron chi connectivity index (χ1n) is 9.19. The summed E-state index contributed by atoms with van der Waals surface area (Å²) in [5.41, 5.74) is 8.97. The van der Waals surface area contributed by atoms with Crippen molar-refractivity contribution in [1.82, 2.24) is 0 Å². The number of hydrogen-bond donors (Lipinski definition) is 0. The van der Waals surface area contributed by atoms with Gasteiger partial charge in [-0.2, -0.15) is 0 Å². The van der Waals surface area contributed by atoms with Crippen molar-refractivity contribution in [3.05, 3.63) is 88.1 Å². The highest BCUT2D eigenvalue weighted by Crippen LogP contribution is 2.46. The van der Waals surface area contributed by atoms with Crippen LogP contribution in [0.3, 0.4) is 0 Å². The molecule has 0 aromatic heterocycles. The zero-order chi connectivity index (χ0) is 16.7. The minimum atomic E-state index is 0.466. The summed E-state index contributed by atoms with van der Waals surface area (Å²) in [7, 11) is 0. The van der Waals surface area contributed by atoms with Crippen molar-refractivity contribution in [1.29, 1.82) is 0 Å². The van der Waals surface area contributed by atoms with Gasteiger partial charge in [-0.1, -0.05) is 78.8 Å². The molecular formula is C24H26. The van der Waals surface area contributed by atoms with Gasteiger partial charge in [0.05, 0.1) is 0 Å². The van der Waals surface area contributed by atoms with Gasteiger partial charge >= 0.3 is 0 Å². The van der Waals surface area contributed by atoms with E-state index >= 15 is 0 Å². The highest BCUT2D eigenvalue weighted by Gasteiger charge is 2.32. The highest BCUT2D eigenvalue weighted by molar-refractivity contribution is 5.63. The molecule has 4 rings (SSSR count). The molecule has 0 nitrogen and oxygen atoms in total. The predicted octanol–water partition coefficient (Wildman–Crippen LogP) is 6.60. The SMILES string of the molecule is CC1=CCCC(C2=C(C)C(C)C=CC3c4ccccc4C=CC23)=C1. The van der Waals surface area contributed by atoms with Gasteiger partial charge in [-0.05, 0) is 54.9 Å². The molecule has 0 bridgehead atoms. The molecule has 122 valence electrons. The van der Waals surface area contributed by atoms with Gasteiger partial charge in [0.2, 0.25) is 0 Å². The molecular weight excluding hydrogens is 288 g/mol. The third kappa shape index (κ3) is 2.55. The minimum Gasteiger partial charge on any atom is -0.0813 e. The van der Waals surface area contributed by atoms with Crippen molar-refractivity contribution >= 4 is 6.08 Å². The molecule has 0 heterocycles. The Morgan fingerprint density at radius 1 is 0.958 bits per heavy atom. The molecule has 0 spiro atoms. The van der Waals surface area contributed by atoms with Crippen molar-refractivity contribution in [3.63, 3.8) is 0 Å². The Morgan fingerprint density at radius 2 is 1.79 bits per heavy atom. The lowest BCUT2D eigenvalue weighted by atomic mass is 9.72. The lowest BCUT2D eigenvalue weighted by molar-refractivity contribution is 0.655. The molecule has 0 N–H and O–H groups in total. The van der Waals surface area contributed by atoms with E-state index in [1.54, 1.807) is 16.7 Å². The van der Waals surface area contributed by atoms with Crippen LogP contribution in [0.5, 0.6) is 0 Å². The lowest BCUT2D eigenvalue weighted by Gasteiger charge is -2.32. The van der Waals surface area contributed by atoms with Crippen LogP contribution in [0.2, 0.25) is 0 Å². The smallest absolute Gasteiger partial charge is 0.0128 e. The van der Waals surface area contributed by atoms with Crippen LogP contribution in [0.25, 0.3) is 6.08 Å². The fourth-order valence-electron chi connectivity index (χ4n) is 4.47. The molecule has 3 atom stereocenters. The summed E-state index contributed by atoms with van der Waals surface area (Å²) in [6.07, 6.45) is 16.8. The first kappa shape index (κ1) is 15.4. The molecule has 0 aliphatic heterocycles. The van der Waals surface area contributed by atoms with Crippen LogP contribution in [-0.2, 0) is 0 Å². The van der Waals surface area contributed by atoms with E-state index < -0.39 is 0 Å². The molecule has 0 saturated carbocycles. The molecule has 1 aromatic rings. The topological polar surface area (TPSA) is 0 Å². The van der Waals surface area contributed by atoms with Gasteiger partial charge in [-0.15, -0.1) is 0 Å². The van der Waals surface area contributed by atoms with Gasteiger partial charge in [0.15, 0.2) is 0 Å². The van der Waals surface area contributed by atoms with E-state index in [0.717, 1.165) is 0 Å². The largest absolute Gasteiger partial charge is 0.0813 e. The Kier molecular flexibility index (Phi) is 3.92. The summed E-state index contributed by atoms with van der Waals surface area (Å²) >= 11 is 0. The Balaban J connectivity index is 1.87. The summed E-state index contributed by atoms with van der Waals surface area (Å²) < 4.78 is 0. The van der Waals surface area contributed by atoms with Gasteiger partial charge in [0, 0.05) is 11.8 Å². The predicted molar refractivity (Wildman–Crippen MR) is 104 cm³/mol. The van der Waals surface area contributed by atoms with Gasteiger partial charge in [0.1, 0.15) is 0 Å². The monoisotopic (exact) mass is 314 g/mol. The maximum atomic E-state index is 2.46. The summed E-state index contributed by atoms with van der Waals surface area (Å²) in [5, 5.41) is 0. The molecule has 3 unspecified atom stereocenters. The van der Waals surface area contributed by atoms with Crippen molar-refractivity contribution in [3.8, 4) is 0 Å². The van der Waals surface area contributed by atoms with Crippen LogP contribution >= 0.6 is 0 Å². The summed E-state index contributed by atoms with van der Waals surface area (Å²) in [6, 6.07) is 8.88. The summed E-state index contributed by atoms with van der Waals surface area (Å²) in [6.45, 7) is 6.91. The highest BCUT2D eigenvalue weighted by atomic mass is 14.4. The first-order valence-corrected chi connectivity index (χ1v) is 9.19. The van der Waals surface area contributed by atoms with E-state index in [1.165, 1.54) is 29.5 Å². The molecule has 3 aliphatic rings. The standard InChI is InChI=1S/C24H26/c1-16-7-6-9-20(15-16)24-18(3)17(2)11-13-22-21-10-5-4-8-19(21)12-14-23(22)24/h4-5,7-8,10-15,17,22-23H,6,9H2,1-3H3. The molecule has 0 amide bonds. The summed E-state index contributed by atoms with van der Waals surface area (Å²) in [5.74, 6) is 1.45. The number of benzene rings is 1. The van der Waals surface area contributed by atoms with Crippen molar-refractivity contribution in [2.45, 2.75) is 39.5 Å². The maximum Gasteiger partial charge on any atom is 0.0128 e. The minimum absolute atomic E-state index is 0.466. The summed E-state index contributed by atoms with van der Waals surface area (Å²) in [4.78, 5) is 0. The van der Waals surface area contributed by atoms with Crippen LogP contribution in [0.15, 0.2) is 76.9 Å². The van der Waals surface area contributed by atoms with Crippen molar-refractivity contribution < 1.29 is 0 Å². The Hall–Kier alpha value is -2.08. The molecule has 0 radical (unpaired) electrons. The fraction of sp³-hybridized carbons (Fsp3) is 0.333. The van der Waals surface area contributed by atoms with Crippen molar-refractivity contribution in [2.75, 3.05) is 0 Å². The van der Waals surface area contributed by atoms with E-state index in [-0.39, 0.29) is 0 Å². The lowest BCUT2D eigenvalue weighted by Crippen LogP contribution is -2.18. The number of rotatable bonds is 1. The third-order valence-electron chi connectivity index (χ3n) is 5.90. The van der Waals surface area contributed by atoms with Gasteiger partial charge in [-0.3, -0.25) is 0 Å². The first-order chi connectivity index (χ1) is 11.6. The Labute approximate surface area is 146 Å². The van der Waals surface area contributed by atoms with E-state index in [9.17, 15) is 0 Å². The average Bonchev–Trinajstić information content (AvgIpc) is 2.72. The van der Waals surface area contributed by atoms with Crippen LogP contribution in [0.1, 0.15) is 50.7 Å². The quantitative estimate of drug-likeness (QED) is 0.512. The number of allylic oxidation sites excluding steroid dienone is 9. The molecule has 3 aliphatic carbocycles. The van der Waals surface area contributed by atoms with Gasteiger partial charge < -0.3 is 0 Å². The number of fused-ring (bicyclic) bond motifs is 3. The fourth-order valence-corrected chi connectivity index (χ4v) is 4.47. The zero-order valence-electron chi connectivity index (χ0n) is 14.9. The van der Waals surface area contributed by atoms with E-state index in [4.69, 9.17) is 0 Å². The van der Waals surface area contributed by atoms with E-state index in [1.807, 2.05) is 0 Å². The van der Waals surface area contributed by atoms with Crippen LogP contribution in [0.4, 0.5) is 0 Å². The zero-order valence-corrected chi connectivity index (χ0v) is 14.9. The van der Waals surface area contributed by atoms with Crippen LogP contribution in [-0.4, -0.2) is 0 Å². The van der Waals surface area contributed by atoms with Crippen LogP contribution < -0.4 is 0 Å². The average molecular weight is 314 g/mol.